The molecule has 0 aliphatic rings. The molecule has 1 heterocycles. The molecule has 0 saturated heterocycles. The van der Waals surface area contributed by atoms with Gasteiger partial charge in [-0.1, -0.05) is 0 Å². The Kier molecular flexibility index (Phi) is 4.72. The molecule has 0 aliphatic heterocycles. The van der Waals surface area contributed by atoms with Gasteiger partial charge in [-0.3, -0.25) is 0 Å². The van der Waals surface area contributed by atoms with Gasteiger partial charge in [-0.2, -0.15) is 0 Å². The van der Waals surface area contributed by atoms with Gasteiger partial charge in [0, 0.05) is 0 Å². The van der Waals surface area contributed by atoms with E-state index in [0.29, 0.717) is 5.69 Å². The highest BCUT2D eigenvalue weighted by molar-refractivity contribution is 5.87. The number of pyridine rings is 1. The number of hydrogen-bond donors (Lipinski definition) is 1. The molecule has 0 saturated carbocycles. The van der Waals surface area contributed by atoms with Crippen molar-refractivity contribution < 1.29 is 14.3 Å². The molecule has 0 aromatic carbocycles. The monoisotopic (exact) mass is 218 g/mol. The molecule has 0 amide bonds. The Morgan fingerprint density at radius 1 is 1.43 bits per heavy atom. The molecular formula is C8H11ClN2O3. The van der Waals surface area contributed by atoms with Crippen molar-refractivity contribution in [2.75, 3.05) is 20.0 Å². The summed E-state index contributed by atoms with van der Waals surface area (Å²) in [5, 5.41) is 0. The number of hydrogen-bond acceptors (Lipinski definition) is 5. The van der Waals surface area contributed by atoms with E-state index in [1.165, 1.54) is 26.4 Å². The lowest BCUT2D eigenvalue weighted by molar-refractivity contribution is 0.0593. The fraction of sp³-hybridized carbons (Fsp3) is 0.250. The van der Waals surface area contributed by atoms with Crippen LogP contribution in [0.2, 0.25) is 0 Å². The lowest BCUT2D eigenvalue weighted by Gasteiger charge is -2.04. The Balaban J connectivity index is 0.00000169. The van der Waals surface area contributed by atoms with Crippen LogP contribution >= 0.6 is 12.4 Å². The Hall–Kier alpha value is -1.49. The normalized spacial score (nSPS) is 8.71. The molecule has 2 N–H and O–H groups in total. The van der Waals surface area contributed by atoms with E-state index in [-0.39, 0.29) is 24.0 Å². The number of rotatable bonds is 2. The number of anilines is 1. The second-order valence-corrected chi connectivity index (χ2v) is 2.29. The van der Waals surface area contributed by atoms with Crippen molar-refractivity contribution in [3.05, 3.63) is 17.8 Å². The largest absolute Gasteiger partial charge is 0.480 e. The van der Waals surface area contributed by atoms with E-state index in [2.05, 4.69) is 9.72 Å². The zero-order valence-corrected chi connectivity index (χ0v) is 8.63. The quantitative estimate of drug-likeness (QED) is 0.746. The molecule has 0 unspecified atom stereocenters. The first-order valence-electron chi connectivity index (χ1n) is 3.58. The van der Waals surface area contributed by atoms with Crippen molar-refractivity contribution in [1.29, 1.82) is 0 Å². The number of methoxy groups -OCH3 is 2. The Labute approximate surface area is 87.6 Å². The van der Waals surface area contributed by atoms with Crippen LogP contribution in [-0.2, 0) is 4.74 Å². The number of ether oxygens (including phenoxy) is 2. The minimum Gasteiger partial charge on any atom is -0.480 e. The number of nitrogen functional groups attached to an aromatic ring is 1. The molecule has 78 valence electrons. The summed E-state index contributed by atoms with van der Waals surface area (Å²) < 4.78 is 9.31. The summed E-state index contributed by atoms with van der Waals surface area (Å²) in [5.41, 5.74) is 6.06. The maximum atomic E-state index is 11.0. The van der Waals surface area contributed by atoms with Crippen LogP contribution in [0.3, 0.4) is 0 Å². The smallest absolute Gasteiger partial charge is 0.356 e. The maximum Gasteiger partial charge on any atom is 0.356 e. The average molecular weight is 219 g/mol. The Bertz CT molecular complexity index is 330. The summed E-state index contributed by atoms with van der Waals surface area (Å²) >= 11 is 0. The van der Waals surface area contributed by atoms with Crippen molar-refractivity contribution in [3.63, 3.8) is 0 Å². The van der Waals surface area contributed by atoms with Gasteiger partial charge in [0.1, 0.15) is 0 Å². The van der Waals surface area contributed by atoms with Crippen molar-refractivity contribution in [3.8, 4) is 5.88 Å². The van der Waals surface area contributed by atoms with Crippen molar-refractivity contribution in [1.82, 2.24) is 4.98 Å². The Morgan fingerprint density at radius 2 is 2.07 bits per heavy atom. The van der Waals surface area contributed by atoms with Crippen molar-refractivity contribution in [2.24, 2.45) is 0 Å². The minimum atomic E-state index is -0.515. The molecule has 1 aromatic heterocycles. The first-order chi connectivity index (χ1) is 6.19. The highest BCUT2D eigenvalue weighted by atomic mass is 35.5. The van der Waals surface area contributed by atoms with Gasteiger partial charge < -0.3 is 15.2 Å². The predicted molar refractivity (Wildman–Crippen MR) is 53.8 cm³/mol. The van der Waals surface area contributed by atoms with Crippen LogP contribution in [0.25, 0.3) is 0 Å². The van der Waals surface area contributed by atoms with Crippen molar-refractivity contribution in [2.45, 2.75) is 0 Å². The number of nitrogens with two attached hydrogens (primary N) is 1. The van der Waals surface area contributed by atoms with Crippen molar-refractivity contribution >= 4 is 24.1 Å². The molecule has 1 rings (SSSR count). The molecular weight excluding hydrogens is 208 g/mol. The molecule has 1 aromatic rings. The van der Waals surface area contributed by atoms with Gasteiger partial charge in [0.2, 0.25) is 5.88 Å². The van der Waals surface area contributed by atoms with Gasteiger partial charge in [-0.05, 0) is 12.1 Å². The van der Waals surface area contributed by atoms with E-state index in [1.807, 2.05) is 0 Å². The second kappa shape index (κ2) is 5.29. The maximum absolute atomic E-state index is 11.0. The fourth-order valence-electron chi connectivity index (χ4n) is 0.833. The summed E-state index contributed by atoms with van der Waals surface area (Å²) in [7, 11) is 2.71. The predicted octanol–water partition coefficient (Wildman–Crippen LogP) is 0.881. The van der Waals surface area contributed by atoms with Gasteiger partial charge in [-0.15, -0.1) is 12.4 Å². The van der Waals surface area contributed by atoms with Gasteiger partial charge in [0.05, 0.1) is 19.9 Å². The topological polar surface area (TPSA) is 74.4 Å². The third-order valence-electron chi connectivity index (χ3n) is 1.48. The minimum absolute atomic E-state index is 0. The number of esters is 1. The van der Waals surface area contributed by atoms with Gasteiger partial charge in [0.25, 0.3) is 0 Å². The Morgan fingerprint density at radius 3 is 2.57 bits per heavy atom. The molecule has 0 bridgehead atoms. The number of halogens is 1. The zero-order valence-electron chi connectivity index (χ0n) is 7.81. The van der Waals surface area contributed by atoms with E-state index >= 15 is 0 Å². The number of nitrogens with zero attached hydrogens (tertiary/aromatic N) is 1. The van der Waals surface area contributed by atoms with Crippen LogP contribution in [-0.4, -0.2) is 25.2 Å². The number of carbonyl (C=O) groups excluding carboxylic acids is 1. The molecule has 0 radical (unpaired) electrons. The average Bonchev–Trinajstić information content (AvgIpc) is 2.17. The van der Waals surface area contributed by atoms with Crippen LogP contribution in [0.1, 0.15) is 10.5 Å². The van der Waals surface area contributed by atoms with Gasteiger partial charge >= 0.3 is 5.97 Å². The van der Waals surface area contributed by atoms with Crippen LogP contribution < -0.4 is 10.5 Å². The molecule has 0 aliphatic carbocycles. The SMILES string of the molecule is COC(=O)c1ccc(N)c(OC)n1.Cl. The lowest BCUT2D eigenvalue weighted by atomic mass is 10.3. The van der Waals surface area contributed by atoms with E-state index in [4.69, 9.17) is 10.5 Å². The fourth-order valence-corrected chi connectivity index (χ4v) is 0.833. The highest BCUT2D eigenvalue weighted by Crippen LogP contribution is 2.17. The second-order valence-electron chi connectivity index (χ2n) is 2.29. The standard InChI is InChI=1S/C8H10N2O3.ClH/c1-12-7-5(9)3-4-6(10-7)8(11)13-2;/h3-4H,9H2,1-2H3;1H. The molecule has 0 atom stereocenters. The molecule has 5 nitrogen and oxygen atoms in total. The lowest BCUT2D eigenvalue weighted by Crippen LogP contribution is -2.06. The zero-order chi connectivity index (χ0) is 9.84. The molecule has 14 heavy (non-hydrogen) atoms. The van der Waals surface area contributed by atoms with Gasteiger partial charge in [-0.25, -0.2) is 9.78 Å². The highest BCUT2D eigenvalue weighted by Gasteiger charge is 2.09. The summed E-state index contributed by atoms with van der Waals surface area (Å²) in [6.07, 6.45) is 0. The van der Waals surface area contributed by atoms with E-state index in [0.717, 1.165) is 0 Å². The van der Waals surface area contributed by atoms with Gasteiger partial charge in [0.15, 0.2) is 5.69 Å². The molecule has 0 fully saturated rings. The molecule has 0 spiro atoms. The number of carbonyl (C=O) groups is 1. The van der Waals surface area contributed by atoms with Crippen LogP contribution in [0.5, 0.6) is 5.88 Å². The summed E-state index contributed by atoms with van der Waals surface area (Å²) in [6.45, 7) is 0. The van der Waals surface area contributed by atoms with Crippen LogP contribution in [0.4, 0.5) is 5.69 Å². The summed E-state index contributed by atoms with van der Waals surface area (Å²) in [5.74, 6) is -0.291. The summed E-state index contributed by atoms with van der Waals surface area (Å²) in [6, 6.07) is 3.02. The van der Waals surface area contributed by atoms with E-state index in [9.17, 15) is 4.79 Å². The van der Waals surface area contributed by atoms with Crippen LogP contribution in [0, 0.1) is 0 Å². The van der Waals surface area contributed by atoms with E-state index in [1.54, 1.807) is 0 Å². The first kappa shape index (κ1) is 12.5. The third-order valence-corrected chi connectivity index (χ3v) is 1.48. The third kappa shape index (κ3) is 2.50. The molecule has 6 heteroatoms. The van der Waals surface area contributed by atoms with E-state index < -0.39 is 5.97 Å². The van der Waals surface area contributed by atoms with Crippen LogP contribution in [0.15, 0.2) is 12.1 Å². The number of aromatic nitrogens is 1. The first-order valence-corrected chi connectivity index (χ1v) is 3.58. The summed E-state index contributed by atoms with van der Waals surface area (Å²) in [4.78, 5) is 14.9.